The molecule has 1 amide bonds. The van der Waals surface area contributed by atoms with Crippen molar-refractivity contribution in [1.82, 2.24) is 14.8 Å². The lowest BCUT2D eigenvalue weighted by Crippen LogP contribution is -2.50. The maximum atomic E-state index is 13.6. The van der Waals surface area contributed by atoms with Gasteiger partial charge in [0.05, 0.1) is 18.1 Å². The molecule has 2 aliphatic rings. The molecule has 7 nitrogen and oxygen atoms in total. The molecule has 0 saturated carbocycles. The van der Waals surface area contributed by atoms with Crippen LogP contribution in [0.1, 0.15) is 52.1 Å². The van der Waals surface area contributed by atoms with Crippen molar-refractivity contribution in [1.29, 1.82) is 0 Å². The van der Waals surface area contributed by atoms with Crippen molar-refractivity contribution in [2.24, 2.45) is 11.8 Å². The molecule has 2 saturated heterocycles. The molecule has 0 aromatic carbocycles. The highest BCUT2D eigenvalue weighted by atomic mass is 16.5. The van der Waals surface area contributed by atoms with E-state index in [0.29, 0.717) is 25.9 Å². The number of aromatic nitrogens is 1. The fraction of sp³-hybridized carbons (Fsp3) is 0.682. The number of likely N-dealkylation sites (N-methyl/N-ethyl adjacent to an activating group) is 1. The van der Waals surface area contributed by atoms with Crippen LogP contribution in [-0.4, -0.2) is 69.7 Å². The summed E-state index contributed by atoms with van der Waals surface area (Å²) >= 11 is 0. The van der Waals surface area contributed by atoms with Gasteiger partial charge in [0.15, 0.2) is 0 Å². The van der Waals surface area contributed by atoms with Crippen LogP contribution < -0.4 is 0 Å². The molecule has 1 N–H and O–H groups in total. The first-order valence-corrected chi connectivity index (χ1v) is 10.5. The van der Waals surface area contributed by atoms with E-state index in [-0.39, 0.29) is 30.1 Å². The first kappa shape index (κ1) is 21.7. The molecule has 7 heteroatoms. The number of ether oxygens (including phenoxy) is 1. The van der Waals surface area contributed by atoms with E-state index in [0.717, 1.165) is 5.56 Å². The standard InChI is InChI=1S/C22H33N3O4/c1-14(2)9-22(21(27)28)10-18(19(24(22)5)17-7-6-8-23-11-17)20(26)25-12-15(3)29-16(4)13-25/h6-8,11,14-16,18-19H,9-10,12-13H2,1-5H3,(H,27,28)/t15-,16+,18-,19-,22-/m1/s1. The third-order valence-corrected chi connectivity index (χ3v) is 6.25. The summed E-state index contributed by atoms with van der Waals surface area (Å²) in [5.41, 5.74) is -0.187. The summed E-state index contributed by atoms with van der Waals surface area (Å²) in [5.74, 6) is -1.09. The number of nitrogens with zero attached hydrogens (tertiary/aromatic N) is 3. The first-order chi connectivity index (χ1) is 13.7. The van der Waals surface area contributed by atoms with Gasteiger partial charge in [-0.15, -0.1) is 0 Å². The number of carboxylic acids is 1. The molecule has 0 spiro atoms. The van der Waals surface area contributed by atoms with E-state index in [1.807, 2.05) is 56.7 Å². The highest BCUT2D eigenvalue weighted by Gasteiger charge is 2.57. The molecule has 3 rings (SSSR count). The second-order valence-electron chi connectivity index (χ2n) is 9.09. The van der Waals surface area contributed by atoms with Gasteiger partial charge in [-0.3, -0.25) is 19.5 Å². The Bertz CT molecular complexity index is 731. The second kappa shape index (κ2) is 8.40. The molecule has 29 heavy (non-hydrogen) atoms. The van der Waals surface area contributed by atoms with Crippen molar-refractivity contribution in [3.05, 3.63) is 30.1 Å². The summed E-state index contributed by atoms with van der Waals surface area (Å²) in [6.45, 7) is 9.06. The van der Waals surface area contributed by atoms with Gasteiger partial charge >= 0.3 is 5.97 Å². The SMILES string of the molecule is CC(C)C[C@]1(C(=O)O)C[C@@H](C(=O)N2C[C@@H](C)O[C@@H](C)C2)[C@@H](c2cccnc2)N1C. The summed E-state index contributed by atoms with van der Waals surface area (Å²) in [7, 11) is 1.84. The third-order valence-electron chi connectivity index (χ3n) is 6.25. The molecule has 2 aliphatic heterocycles. The Hall–Kier alpha value is -1.99. The Morgan fingerprint density at radius 1 is 1.31 bits per heavy atom. The van der Waals surface area contributed by atoms with Crippen LogP contribution in [0.15, 0.2) is 24.5 Å². The van der Waals surface area contributed by atoms with Gasteiger partial charge in [0.25, 0.3) is 0 Å². The minimum atomic E-state index is -1.07. The molecule has 0 radical (unpaired) electrons. The molecule has 0 aliphatic carbocycles. The summed E-state index contributed by atoms with van der Waals surface area (Å²) < 4.78 is 5.79. The molecular formula is C22H33N3O4. The highest BCUT2D eigenvalue weighted by Crippen LogP contribution is 2.49. The number of likely N-dealkylation sites (tertiary alicyclic amines) is 1. The molecule has 160 valence electrons. The molecule has 0 unspecified atom stereocenters. The van der Waals surface area contributed by atoms with Crippen LogP contribution in [0.25, 0.3) is 0 Å². The lowest BCUT2D eigenvalue weighted by atomic mass is 9.83. The number of pyridine rings is 1. The quantitative estimate of drug-likeness (QED) is 0.814. The largest absolute Gasteiger partial charge is 0.480 e. The van der Waals surface area contributed by atoms with Gasteiger partial charge in [-0.1, -0.05) is 19.9 Å². The van der Waals surface area contributed by atoms with Crippen LogP contribution in [0.2, 0.25) is 0 Å². The van der Waals surface area contributed by atoms with Crippen molar-refractivity contribution < 1.29 is 19.4 Å². The summed E-state index contributed by atoms with van der Waals surface area (Å²) in [6, 6.07) is 3.46. The topological polar surface area (TPSA) is 83.0 Å². The smallest absolute Gasteiger partial charge is 0.324 e. The summed E-state index contributed by atoms with van der Waals surface area (Å²) in [4.78, 5) is 34.1. The molecular weight excluding hydrogens is 370 g/mol. The minimum Gasteiger partial charge on any atom is -0.480 e. The number of hydrogen-bond donors (Lipinski definition) is 1. The second-order valence-corrected chi connectivity index (χ2v) is 9.09. The number of amides is 1. The fourth-order valence-corrected chi connectivity index (χ4v) is 5.21. The number of carbonyl (C=O) groups is 2. The number of rotatable bonds is 5. The van der Waals surface area contributed by atoms with Gasteiger partial charge in [0.1, 0.15) is 5.54 Å². The fourth-order valence-electron chi connectivity index (χ4n) is 5.21. The van der Waals surface area contributed by atoms with E-state index in [4.69, 9.17) is 4.74 Å². The maximum absolute atomic E-state index is 13.6. The zero-order valence-electron chi connectivity index (χ0n) is 18.0. The highest BCUT2D eigenvalue weighted by molar-refractivity contribution is 5.85. The summed E-state index contributed by atoms with van der Waals surface area (Å²) in [5, 5.41) is 10.2. The van der Waals surface area contributed by atoms with Gasteiger partial charge in [0, 0.05) is 31.5 Å². The molecule has 3 heterocycles. The van der Waals surface area contributed by atoms with Gasteiger partial charge < -0.3 is 14.7 Å². The van der Waals surface area contributed by atoms with Crippen molar-refractivity contribution >= 4 is 11.9 Å². The van der Waals surface area contributed by atoms with Crippen LogP contribution in [0.4, 0.5) is 0 Å². The Morgan fingerprint density at radius 2 is 1.97 bits per heavy atom. The van der Waals surface area contributed by atoms with Gasteiger partial charge in [-0.2, -0.15) is 0 Å². The van der Waals surface area contributed by atoms with Crippen molar-refractivity contribution in [2.75, 3.05) is 20.1 Å². The number of aliphatic carboxylic acids is 1. The number of morpholine rings is 1. The predicted octanol–water partition coefficient (Wildman–Crippen LogP) is 2.58. The molecule has 0 bridgehead atoms. The zero-order chi connectivity index (χ0) is 21.3. The lowest BCUT2D eigenvalue weighted by Gasteiger charge is -2.38. The average Bonchev–Trinajstić information content (AvgIpc) is 2.94. The normalized spacial score (nSPS) is 33.2. The zero-order valence-corrected chi connectivity index (χ0v) is 18.0. The van der Waals surface area contributed by atoms with Crippen LogP contribution in [0.3, 0.4) is 0 Å². The monoisotopic (exact) mass is 403 g/mol. The lowest BCUT2D eigenvalue weighted by molar-refractivity contribution is -0.151. The Kier molecular flexibility index (Phi) is 6.29. The van der Waals surface area contributed by atoms with Gasteiger partial charge in [-0.25, -0.2) is 0 Å². The molecule has 2 fully saturated rings. The Morgan fingerprint density at radius 3 is 2.48 bits per heavy atom. The van der Waals surface area contributed by atoms with Crippen LogP contribution >= 0.6 is 0 Å². The number of carboxylic acid groups (broad SMARTS) is 1. The summed E-state index contributed by atoms with van der Waals surface area (Å²) in [6.07, 6.45) is 4.18. The van der Waals surface area contributed by atoms with Crippen molar-refractivity contribution in [3.63, 3.8) is 0 Å². The van der Waals surface area contributed by atoms with E-state index in [1.54, 1.807) is 12.4 Å². The maximum Gasteiger partial charge on any atom is 0.324 e. The first-order valence-electron chi connectivity index (χ1n) is 10.5. The van der Waals surface area contributed by atoms with Gasteiger partial charge in [0.2, 0.25) is 5.91 Å². The van der Waals surface area contributed by atoms with Crippen LogP contribution in [-0.2, 0) is 14.3 Å². The van der Waals surface area contributed by atoms with Crippen molar-refractivity contribution in [3.8, 4) is 0 Å². The number of carbonyl (C=O) groups excluding carboxylic acids is 1. The Balaban J connectivity index is 2.00. The van der Waals surface area contributed by atoms with E-state index < -0.39 is 17.4 Å². The van der Waals surface area contributed by atoms with Crippen LogP contribution in [0, 0.1) is 11.8 Å². The minimum absolute atomic E-state index is 0.0135. The number of hydrogen-bond acceptors (Lipinski definition) is 5. The van der Waals surface area contributed by atoms with E-state index >= 15 is 0 Å². The third kappa shape index (κ3) is 4.16. The molecule has 1 aromatic heterocycles. The Labute approximate surface area is 173 Å². The molecule has 1 aromatic rings. The van der Waals surface area contributed by atoms with E-state index in [9.17, 15) is 14.7 Å². The van der Waals surface area contributed by atoms with Gasteiger partial charge in [-0.05, 0) is 51.3 Å². The average molecular weight is 404 g/mol. The predicted molar refractivity (Wildman–Crippen MR) is 109 cm³/mol. The molecule has 5 atom stereocenters. The van der Waals surface area contributed by atoms with E-state index in [1.165, 1.54) is 0 Å². The van der Waals surface area contributed by atoms with E-state index in [2.05, 4.69) is 4.98 Å². The van der Waals surface area contributed by atoms with Crippen LogP contribution in [0.5, 0.6) is 0 Å². The van der Waals surface area contributed by atoms with Crippen molar-refractivity contribution in [2.45, 2.75) is 64.3 Å².